The van der Waals surface area contributed by atoms with Gasteiger partial charge in [-0.15, -0.1) is 0 Å². The molecular formula is C18H18N2O2. The van der Waals surface area contributed by atoms with Crippen molar-refractivity contribution in [2.24, 2.45) is 11.5 Å². The molecule has 0 unspecified atom stereocenters. The van der Waals surface area contributed by atoms with Crippen molar-refractivity contribution < 1.29 is 9.59 Å². The molecule has 0 fully saturated rings. The fourth-order valence-electron chi connectivity index (χ4n) is 2.42. The van der Waals surface area contributed by atoms with Crippen LogP contribution >= 0.6 is 0 Å². The van der Waals surface area contributed by atoms with Gasteiger partial charge in [-0.05, 0) is 25.0 Å². The second-order valence-corrected chi connectivity index (χ2v) is 5.22. The Labute approximate surface area is 129 Å². The van der Waals surface area contributed by atoms with Crippen molar-refractivity contribution in [1.82, 2.24) is 0 Å². The average Bonchev–Trinajstić information content (AvgIpc) is 2.43. The monoisotopic (exact) mass is 294 g/mol. The summed E-state index contributed by atoms with van der Waals surface area (Å²) < 4.78 is 0. The Morgan fingerprint density at radius 3 is 1.36 bits per heavy atom. The Kier molecular flexibility index (Phi) is 4.41. The van der Waals surface area contributed by atoms with Crippen molar-refractivity contribution in [3.8, 4) is 0 Å². The van der Waals surface area contributed by atoms with E-state index in [4.69, 9.17) is 11.5 Å². The van der Waals surface area contributed by atoms with Crippen LogP contribution in [0.5, 0.6) is 0 Å². The van der Waals surface area contributed by atoms with Gasteiger partial charge in [0.15, 0.2) is 0 Å². The van der Waals surface area contributed by atoms with E-state index in [0.717, 1.165) is 11.1 Å². The van der Waals surface area contributed by atoms with Crippen molar-refractivity contribution in [2.45, 2.75) is 13.8 Å². The maximum absolute atomic E-state index is 12.0. The molecule has 2 aromatic carbocycles. The van der Waals surface area contributed by atoms with Crippen LogP contribution in [0, 0.1) is 13.8 Å². The molecule has 0 radical (unpaired) electrons. The van der Waals surface area contributed by atoms with E-state index < -0.39 is 11.8 Å². The predicted octanol–water partition coefficient (Wildman–Crippen LogP) is 2.18. The van der Waals surface area contributed by atoms with Crippen LogP contribution in [-0.4, -0.2) is 11.8 Å². The number of hydrogen-bond donors (Lipinski definition) is 2. The highest BCUT2D eigenvalue weighted by molar-refractivity contribution is 6.39. The van der Waals surface area contributed by atoms with Crippen LogP contribution < -0.4 is 11.5 Å². The molecule has 0 saturated heterocycles. The minimum atomic E-state index is -0.680. The zero-order valence-corrected chi connectivity index (χ0v) is 12.6. The molecule has 2 aromatic rings. The minimum absolute atomic E-state index is 0.141. The van der Waals surface area contributed by atoms with E-state index in [9.17, 15) is 9.59 Å². The van der Waals surface area contributed by atoms with E-state index in [1.54, 1.807) is 24.3 Å². The Balaban J connectivity index is 2.79. The zero-order chi connectivity index (χ0) is 16.3. The molecule has 4 N–H and O–H groups in total. The second-order valence-electron chi connectivity index (χ2n) is 5.22. The maximum Gasteiger partial charge on any atom is 0.250 e. The molecule has 4 heteroatoms. The van der Waals surface area contributed by atoms with E-state index in [1.165, 1.54) is 0 Å². The molecule has 0 aliphatic rings. The van der Waals surface area contributed by atoms with Crippen LogP contribution in [0.4, 0.5) is 0 Å². The summed E-state index contributed by atoms with van der Waals surface area (Å²) in [7, 11) is 0. The molecule has 0 aliphatic carbocycles. The molecule has 2 amide bonds. The molecule has 112 valence electrons. The molecular weight excluding hydrogens is 276 g/mol. The van der Waals surface area contributed by atoms with Gasteiger partial charge in [-0.1, -0.05) is 59.7 Å². The lowest BCUT2D eigenvalue weighted by Gasteiger charge is -2.12. The van der Waals surface area contributed by atoms with Gasteiger partial charge in [-0.2, -0.15) is 0 Å². The first-order valence-corrected chi connectivity index (χ1v) is 6.88. The summed E-state index contributed by atoms with van der Waals surface area (Å²) in [5.41, 5.74) is 14.4. The van der Waals surface area contributed by atoms with Gasteiger partial charge in [0.1, 0.15) is 0 Å². The molecule has 4 nitrogen and oxygen atoms in total. The third-order valence-corrected chi connectivity index (χ3v) is 3.36. The molecule has 0 saturated carbocycles. The number of benzene rings is 2. The zero-order valence-electron chi connectivity index (χ0n) is 12.6. The number of carbonyl (C=O) groups is 2. The average molecular weight is 294 g/mol. The molecule has 0 spiro atoms. The second kappa shape index (κ2) is 6.26. The molecule has 0 aromatic heterocycles. The SMILES string of the molecule is Cc1cccc(/C(C(N)=O)=C(/C(N)=O)c2cccc(C)c2)c1. The first-order valence-electron chi connectivity index (χ1n) is 6.88. The standard InChI is InChI=1S/C18H18N2O2/c1-11-5-3-7-13(9-11)15(17(19)21)16(18(20)22)14-8-4-6-12(2)10-14/h3-10H,1-2H3,(H2,19,21)(H2,20,22)/b16-15-. The van der Waals surface area contributed by atoms with E-state index in [2.05, 4.69) is 0 Å². The smallest absolute Gasteiger partial charge is 0.250 e. The predicted molar refractivity (Wildman–Crippen MR) is 87.6 cm³/mol. The molecule has 0 aliphatic heterocycles. The molecule has 0 atom stereocenters. The highest BCUT2D eigenvalue weighted by Gasteiger charge is 2.21. The number of primary amides is 2. The topological polar surface area (TPSA) is 86.2 Å². The van der Waals surface area contributed by atoms with Crippen molar-refractivity contribution in [1.29, 1.82) is 0 Å². The van der Waals surface area contributed by atoms with Gasteiger partial charge in [-0.25, -0.2) is 0 Å². The number of aryl methyl sites for hydroxylation is 2. The van der Waals surface area contributed by atoms with E-state index in [1.807, 2.05) is 38.1 Å². The van der Waals surface area contributed by atoms with Gasteiger partial charge in [0, 0.05) is 0 Å². The van der Waals surface area contributed by atoms with Gasteiger partial charge in [-0.3, -0.25) is 9.59 Å². The summed E-state index contributed by atoms with van der Waals surface area (Å²) in [5.74, 6) is -1.36. The van der Waals surface area contributed by atoms with Gasteiger partial charge in [0.2, 0.25) is 11.8 Å². The summed E-state index contributed by atoms with van der Waals surface area (Å²) in [5, 5.41) is 0. The van der Waals surface area contributed by atoms with E-state index in [-0.39, 0.29) is 11.1 Å². The summed E-state index contributed by atoms with van der Waals surface area (Å²) in [6.07, 6.45) is 0. The highest BCUT2D eigenvalue weighted by Crippen LogP contribution is 2.27. The van der Waals surface area contributed by atoms with E-state index in [0.29, 0.717) is 11.1 Å². The number of hydrogen-bond acceptors (Lipinski definition) is 2. The van der Waals surface area contributed by atoms with E-state index >= 15 is 0 Å². The number of amides is 2. The van der Waals surface area contributed by atoms with Crippen molar-refractivity contribution >= 4 is 23.0 Å². The first-order chi connectivity index (χ1) is 10.4. The fourth-order valence-corrected chi connectivity index (χ4v) is 2.42. The molecule has 2 rings (SSSR count). The fraction of sp³-hybridized carbons (Fsp3) is 0.111. The third-order valence-electron chi connectivity index (χ3n) is 3.36. The summed E-state index contributed by atoms with van der Waals surface area (Å²) >= 11 is 0. The summed E-state index contributed by atoms with van der Waals surface area (Å²) in [6, 6.07) is 14.5. The van der Waals surface area contributed by atoms with Crippen LogP contribution in [0.3, 0.4) is 0 Å². The van der Waals surface area contributed by atoms with Crippen LogP contribution in [0.1, 0.15) is 22.3 Å². The summed E-state index contributed by atoms with van der Waals surface area (Å²) in [6.45, 7) is 3.80. The summed E-state index contributed by atoms with van der Waals surface area (Å²) in [4.78, 5) is 23.9. The Bertz CT molecular complexity index is 711. The lowest BCUT2D eigenvalue weighted by molar-refractivity contribution is -0.114. The lowest BCUT2D eigenvalue weighted by Crippen LogP contribution is -2.21. The van der Waals surface area contributed by atoms with Crippen LogP contribution in [0.15, 0.2) is 48.5 Å². The Morgan fingerprint density at radius 2 is 1.09 bits per heavy atom. The van der Waals surface area contributed by atoms with Gasteiger partial charge < -0.3 is 11.5 Å². The molecule has 22 heavy (non-hydrogen) atoms. The number of nitrogens with two attached hydrogens (primary N) is 2. The van der Waals surface area contributed by atoms with Crippen LogP contribution in [0.25, 0.3) is 11.1 Å². The number of carbonyl (C=O) groups excluding carboxylic acids is 2. The lowest BCUT2D eigenvalue weighted by atomic mass is 9.92. The quantitative estimate of drug-likeness (QED) is 0.669. The van der Waals surface area contributed by atoms with Crippen LogP contribution in [0.2, 0.25) is 0 Å². The normalized spacial score (nSPS) is 11.7. The van der Waals surface area contributed by atoms with Crippen molar-refractivity contribution in [2.75, 3.05) is 0 Å². The first kappa shape index (κ1) is 15.5. The van der Waals surface area contributed by atoms with Gasteiger partial charge in [0.25, 0.3) is 0 Å². The van der Waals surface area contributed by atoms with Crippen molar-refractivity contribution in [3.63, 3.8) is 0 Å². The van der Waals surface area contributed by atoms with Gasteiger partial charge >= 0.3 is 0 Å². The third kappa shape index (κ3) is 3.23. The Hall–Kier alpha value is -2.88. The molecule has 0 heterocycles. The minimum Gasteiger partial charge on any atom is -0.366 e. The van der Waals surface area contributed by atoms with Crippen LogP contribution in [-0.2, 0) is 9.59 Å². The van der Waals surface area contributed by atoms with Gasteiger partial charge in [0.05, 0.1) is 11.1 Å². The highest BCUT2D eigenvalue weighted by atomic mass is 16.2. The van der Waals surface area contributed by atoms with Crippen molar-refractivity contribution in [3.05, 3.63) is 70.8 Å². The number of rotatable bonds is 4. The largest absolute Gasteiger partial charge is 0.366 e. The maximum atomic E-state index is 12.0. The molecule has 0 bridgehead atoms. The Morgan fingerprint density at radius 1 is 0.727 bits per heavy atom.